The Morgan fingerprint density at radius 1 is 0.883 bits per heavy atom. The van der Waals surface area contributed by atoms with Crippen LogP contribution in [0.5, 0.6) is 0 Å². The van der Waals surface area contributed by atoms with Crippen molar-refractivity contribution < 1.29 is 33.8 Å². The van der Waals surface area contributed by atoms with Gasteiger partial charge in [0.05, 0.1) is 23.7 Å². The summed E-state index contributed by atoms with van der Waals surface area (Å²) in [6, 6.07) is 22.4. The number of carboxylic acid groups (broad SMARTS) is 1. The van der Waals surface area contributed by atoms with E-state index >= 15 is 0 Å². The van der Waals surface area contributed by atoms with Crippen LogP contribution in [0.25, 0.3) is 0 Å². The Morgan fingerprint density at radius 2 is 1.57 bits per heavy atom. The quantitative estimate of drug-likeness (QED) is 0.0952. The van der Waals surface area contributed by atoms with Gasteiger partial charge < -0.3 is 30.3 Å². The fourth-order valence-electron chi connectivity index (χ4n) is 8.27. The summed E-state index contributed by atoms with van der Waals surface area (Å²) >= 11 is 1.47. The maximum absolute atomic E-state index is 14.0. The van der Waals surface area contributed by atoms with Gasteiger partial charge in [0.1, 0.15) is 5.00 Å². The number of hydrogen-bond acceptors (Lipinski definition) is 8. The van der Waals surface area contributed by atoms with Crippen molar-refractivity contribution in [1.82, 2.24) is 9.80 Å². The van der Waals surface area contributed by atoms with Gasteiger partial charge >= 0.3 is 11.9 Å². The van der Waals surface area contributed by atoms with Crippen molar-refractivity contribution in [2.45, 2.75) is 97.6 Å². The van der Waals surface area contributed by atoms with E-state index in [4.69, 9.17) is 4.74 Å². The molecule has 0 spiro atoms. The van der Waals surface area contributed by atoms with Crippen LogP contribution in [0.1, 0.15) is 118 Å². The van der Waals surface area contributed by atoms with E-state index < -0.39 is 11.4 Å². The molecule has 1 aliphatic carbocycles. The fraction of sp³-hybridized carbons (Fsp3) is 0.438. The number of ether oxygens (including phenoxy) is 1. The molecule has 2 atom stereocenters. The van der Waals surface area contributed by atoms with Gasteiger partial charge in [-0.3, -0.25) is 19.2 Å². The van der Waals surface area contributed by atoms with Crippen LogP contribution in [0.3, 0.4) is 0 Å². The molecule has 2 aliphatic rings. The van der Waals surface area contributed by atoms with Gasteiger partial charge in [-0.2, -0.15) is 0 Å². The normalized spacial score (nSPS) is 16.7. The molecule has 3 N–H and O–H groups in total. The van der Waals surface area contributed by atoms with Gasteiger partial charge in [0.2, 0.25) is 5.91 Å². The number of fused-ring (bicyclic) bond motifs is 1. The summed E-state index contributed by atoms with van der Waals surface area (Å²) in [6.07, 6.45) is 7.43. The highest BCUT2D eigenvalue weighted by atomic mass is 32.1. The van der Waals surface area contributed by atoms with Crippen molar-refractivity contribution in [3.63, 3.8) is 0 Å². The molecule has 3 amide bonds. The summed E-state index contributed by atoms with van der Waals surface area (Å²) in [5.41, 5.74) is 5.09. The predicted molar refractivity (Wildman–Crippen MR) is 236 cm³/mol. The first-order valence-electron chi connectivity index (χ1n) is 21.1. The monoisotopic (exact) mass is 834 g/mol. The van der Waals surface area contributed by atoms with Crippen LogP contribution < -0.4 is 10.6 Å². The van der Waals surface area contributed by atoms with Gasteiger partial charge in [-0.05, 0) is 143 Å². The number of carbonyl (C=O) groups excluding carboxylic acids is 4. The standard InChI is InChI=1S/C48H58N4O7S/c1-6-34-25-27-51(4)30-39(34)52(41(53)24-26-48(2,3)47(57)58)29-33-10-9-11-36(28-33)43(54)50-45-42(38-12-7-8-13-40(38)60-45)44(55)49-37-22-18-32(19-23-37)15-14-31-16-20-35(21-17-31)46(56)59-5/h9-11,16-23,28,34,39H,6-8,12-15,24-27,29-30H2,1-5H3,(H,49,55)(H,50,54)(H,57,58). The number of aliphatic carboxylic acids is 1. The van der Waals surface area contributed by atoms with Crippen LogP contribution in [-0.2, 0) is 46.6 Å². The van der Waals surface area contributed by atoms with E-state index in [1.807, 2.05) is 59.5 Å². The fourth-order valence-corrected chi connectivity index (χ4v) is 9.55. The maximum atomic E-state index is 14.0. The van der Waals surface area contributed by atoms with Crippen molar-refractivity contribution in [3.8, 4) is 0 Å². The number of likely N-dealkylation sites (N-methyl/N-ethyl adjacent to an activating group) is 1. The molecule has 2 heterocycles. The predicted octanol–water partition coefficient (Wildman–Crippen LogP) is 8.65. The highest BCUT2D eigenvalue weighted by Gasteiger charge is 2.36. The molecule has 60 heavy (non-hydrogen) atoms. The van der Waals surface area contributed by atoms with Crippen LogP contribution in [-0.4, -0.2) is 77.9 Å². The first kappa shape index (κ1) is 44.2. The minimum Gasteiger partial charge on any atom is -0.481 e. The molecule has 1 aliphatic heterocycles. The van der Waals surface area contributed by atoms with Gasteiger partial charge in [-0.1, -0.05) is 49.7 Å². The zero-order chi connectivity index (χ0) is 43.0. The number of thiophene rings is 1. The van der Waals surface area contributed by atoms with E-state index in [0.717, 1.165) is 91.6 Å². The summed E-state index contributed by atoms with van der Waals surface area (Å²) in [7, 11) is 3.43. The molecule has 6 rings (SSSR count). The highest BCUT2D eigenvalue weighted by molar-refractivity contribution is 7.17. The lowest BCUT2D eigenvalue weighted by atomic mass is 9.86. The third-order valence-electron chi connectivity index (χ3n) is 12.2. The number of aryl methyl sites for hydroxylation is 3. The van der Waals surface area contributed by atoms with Crippen molar-refractivity contribution in [2.75, 3.05) is 37.9 Å². The smallest absolute Gasteiger partial charge is 0.337 e. The SMILES string of the molecule is CCC1CCN(C)CC1N(Cc1cccc(C(=O)Nc2sc3c(c2C(=O)Nc2ccc(CCc4ccc(C(=O)OC)cc4)cc2)CCCC3)c1)C(=O)CCC(C)(C)C(=O)O. The first-order chi connectivity index (χ1) is 28.8. The molecule has 1 fully saturated rings. The van der Waals surface area contributed by atoms with E-state index in [1.165, 1.54) is 18.4 Å². The van der Waals surface area contributed by atoms with E-state index in [0.29, 0.717) is 39.8 Å². The van der Waals surface area contributed by atoms with Crippen LogP contribution in [0.2, 0.25) is 0 Å². The van der Waals surface area contributed by atoms with Crippen molar-refractivity contribution in [1.29, 1.82) is 0 Å². The molecule has 318 valence electrons. The second kappa shape index (κ2) is 19.8. The molecular formula is C48H58N4O7S. The number of carboxylic acids is 1. The molecule has 2 unspecified atom stereocenters. The summed E-state index contributed by atoms with van der Waals surface area (Å²) < 4.78 is 4.79. The Kier molecular flexibility index (Phi) is 14.6. The van der Waals surface area contributed by atoms with Gasteiger partial charge in [-0.25, -0.2) is 4.79 Å². The number of benzene rings is 3. The zero-order valence-corrected chi connectivity index (χ0v) is 36.3. The molecule has 0 radical (unpaired) electrons. The molecule has 4 aromatic rings. The zero-order valence-electron chi connectivity index (χ0n) is 35.5. The van der Waals surface area contributed by atoms with E-state index in [1.54, 1.807) is 32.0 Å². The number of hydrogen-bond donors (Lipinski definition) is 3. The third kappa shape index (κ3) is 10.9. The topological polar surface area (TPSA) is 145 Å². The highest BCUT2D eigenvalue weighted by Crippen LogP contribution is 2.39. The summed E-state index contributed by atoms with van der Waals surface area (Å²) in [6.45, 7) is 7.42. The Morgan fingerprint density at radius 3 is 2.23 bits per heavy atom. The van der Waals surface area contributed by atoms with Gasteiger partial charge in [0, 0.05) is 41.7 Å². The number of amides is 3. The number of nitrogens with one attached hydrogen (secondary N) is 2. The summed E-state index contributed by atoms with van der Waals surface area (Å²) in [5.74, 6) is -1.67. The molecule has 3 aromatic carbocycles. The largest absolute Gasteiger partial charge is 0.481 e. The van der Waals surface area contributed by atoms with Crippen molar-refractivity contribution in [2.24, 2.45) is 11.3 Å². The number of anilines is 2. The lowest BCUT2D eigenvalue weighted by Crippen LogP contribution is -2.53. The summed E-state index contributed by atoms with van der Waals surface area (Å²) in [5, 5.41) is 16.4. The van der Waals surface area contributed by atoms with E-state index in [2.05, 4.69) is 29.5 Å². The number of nitrogens with zero attached hydrogens (tertiary/aromatic N) is 2. The number of esters is 1. The Balaban J connectivity index is 1.16. The van der Waals surface area contributed by atoms with Gasteiger partial charge in [0.15, 0.2) is 0 Å². The molecule has 1 aromatic heterocycles. The Bertz CT molecular complexity index is 2180. The van der Waals surface area contributed by atoms with E-state index in [-0.39, 0.29) is 42.6 Å². The average Bonchev–Trinajstić information content (AvgIpc) is 3.62. The molecule has 12 heteroatoms. The molecule has 0 saturated carbocycles. The van der Waals surface area contributed by atoms with Crippen molar-refractivity contribution >= 4 is 51.7 Å². The lowest BCUT2D eigenvalue weighted by molar-refractivity contribution is -0.148. The maximum Gasteiger partial charge on any atom is 0.337 e. The van der Waals surface area contributed by atoms with Crippen LogP contribution in [0.15, 0.2) is 72.8 Å². The number of piperidine rings is 1. The molecular weight excluding hydrogens is 777 g/mol. The lowest BCUT2D eigenvalue weighted by Gasteiger charge is -2.43. The molecule has 0 bridgehead atoms. The second-order valence-electron chi connectivity index (χ2n) is 16.9. The van der Waals surface area contributed by atoms with Crippen LogP contribution in [0, 0.1) is 11.3 Å². The van der Waals surface area contributed by atoms with Crippen LogP contribution >= 0.6 is 11.3 Å². The summed E-state index contributed by atoms with van der Waals surface area (Å²) in [4.78, 5) is 70.9. The second-order valence-corrected chi connectivity index (χ2v) is 18.0. The van der Waals surface area contributed by atoms with Crippen molar-refractivity contribution in [3.05, 3.63) is 117 Å². The van der Waals surface area contributed by atoms with E-state index in [9.17, 15) is 29.1 Å². The number of rotatable bonds is 16. The number of likely N-dealkylation sites (tertiary alicyclic amines) is 1. The molecule has 11 nitrogen and oxygen atoms in total. The van der Waals surface area contributed by atoms with Gasteiger partial charge in [-0.15, -0.1) is 11.3 Å². The Hall–Kier alpha value is -5.33. The number of carbonyl (C=O) groups is 5. The average molecular weight is 835 g/mol. The third-order valence-corrected chi connectivity index (χ3v) is 13.4. The van der Waals surface area contributed by atoms with Gasteiger partial charge in [0.25, 0.3) is 11.8 Å². The minimum absolute atomic E-state index is 0.0418. The first-order valence-corrected chi connectivity index (χ1v) is 21.9. The van der Waals surface area contributed by atoms with Crippen LogP contribution in [0.4, 0.5) is 10.7 Å². The minimum atomic E-state index is -1.03. The number of methoxy groups -OCH3 is 1. The Labute approximate surface area is 357 Å². The molecule has 1 saturated heterocycles.